The summed E-state index contributed by atoms with van der Waals surface area (Å²) in [4.78, 5) is 4.06. The second-order valence-corrected chi connectivity index (χ2v) is 4.07. The first-order chi connectivity index (χ1) is 9.33. The van der Waals surface area contributed by atoms with Gasteiger partial charge in [0, 0.05) is 17.6 Å². The van der Waals surface area contributed by atoms with Crippen LogP contribution in [0.4, 0.5) is 11.5 Å². The molecule has 1 aromatic heterocycles. The summed E-state index contributed by atoms with van der Waals surface area (Å²) in [5.74, 6) is 0.739. The van der Waals surface area contributed by atoms with Crippen molar-refractivity contribution < 1.29 is 5.11 Å². The topological polar surface area (TPSA) is 57.8 Å². The highest BCUT2D eigenvalue weighted by molar-refractivity contribution is 5.90. The standard InChI is InChI=1S/C15H11N3O/c19-14-10-12(9-11-5-1-2-6-13(11)14)17-18-15-7-3-4-8-16-15/h1-10,19H. The van der Waals surface area contributed by atoms with Gasteiger partial charge >= 0.3 is 0 Å². The summed E-state index contributed by atoms with van der Waals surface area (Å²) in [6.07, 6.45) is 1.66. The molecule has 1 heterocycles. The molecule has 0 aliphatic heterocycles. The van der Waals surface area contributed by atoms with E-state index in [2.05, 4.69) is 15.2 Å². The molecule has 3 aromatic rings. The molecular weight excluding hydrogens is 238 g/mol. The van der Waals surface area contributed by atoms with Gasteiger partial charge in [-0.2, -0.15) is 0 Å². The zero-order valence-corrected chi connectivity index (χ0v) is 10.1. The van der Waals surface area contributed by atoms with Crippen molar-refractivity contribution in [3.8, 4) is 5.75 Å². The number of pyridine rings is 1. The first-order valence-corrected chi connectivity index (χ1v) is 5.87. The Labute approximate surface area is 110 Å². The van der Waals surface area contributed by atoms with Gasteiger partial charge in [0.15, 0.2) is 5.82 Å². The lowest BCUT2D eigenvalue weighted by atomic mass is 10.1. The molecule has 0 aliphatic carbocycles. The van der Waals surface area contributed by atoms with Crippen molar-refractivity contribution in [1.29, 1.82) is 0 Å². The molecule has 4 nitrogen and oxygen atoms in total. The van der Waals surface area contributed by atoms with Gasteiger partial charge in [-0.25, -0.2) is 4.98 Å². The number of phenols is 1. The van der Waals surface area contributed by atoms with Crippen molar-refractivity contribution in [3.05, 3.63) is 60.8 Å². The van der Waals surface area contributed by atoms with Crippen LogP contribution in [0.2, 0.25) is 0 Å². The molecule has 0 unspecified atom stereocenters. The molecule has 0 saturated heterocycles. The van der Waals surface area contributed by atoms with Gasteiger partial charge in [0.25, 0.3) is 0 Å². The van der Waals surface area contributed by atoms with E-state index in [1.54, 1.807) is 18.3 Å². The molecule has 3 rings (SSSR count). The minimum Gasteiger partial charge on any atom is -0.507 e. The van der Waals surface area contributed by atoms with Crippen LogP contribution in [-0.4, -0.2) is 10.1 Å². The summed E-state index contributed by atoms with van der Waals surface area (Å²) in [5.41, 5.74) is 0.599. The van der Waals surface area contributed by atoms with Crippen LogP contribution in [0.3, 0.4) is 0 Å². The summed E-state index contributed by atoms with van der Waals surface area (Å²) >= 11 is 0. The van der Waals surface area contributed by atoms with Crippen molar-refractivity contribution in [2.75, 3.05) is 0 Å². The monoisotopic (exact) mass is 249 g/mol. The number of hydrogen-bond acceptors (Lipinski definition) is 4. The maximum atomic E-state index is 9.93. The van der Waals surface area contributed by atoms with Gasteiger partial charge in [-0.1, -0.05) is 30.3 Å². The Hall–Kier alpha value is -2.75. The minimum absolute atomic E-state index is 0.202. The Balaban J connectivity index is 2.00. The minimum atomic E-state index is 0.202. The molecule has 0 fully saturated rings. The molecular formula is C15H11N3O. The molecule has 0 radical (unpaired) electrons. The number of nitrogens with zero attached hydrogens (tertiary/aromatic N) is 3. The van der Waals surface area contributed by atoms with Crippen molar-refractivity contribution in [2.45, 2.75) is 0 Å². The number of aromatic nitrogens is 1. The molecule has 0 saturated carbocycles. The number of aromatic hydroxyl groups is 1. The molecule has 0 spiro atoms. The van der Waals surface area contributed by atoms with Crippen LogP contribution in [0.15, 0.2) is 71.0 Å². The van der Waals surface area contributed by atoms with Gasteiger partial charge in [0.2, 0.25) is 0 Å². The van der Waals surface area contributed by atoms with Crippen LogP contribution in [0.5, 0.6) is 5.75 Å². The van der Waals surface area contributed by atoms with Crippen molar-refractivity contribution >= 4 is 22.3 Å². The highest BCUT2D eigenvalue weighted by Crippen LogP contribution is 2.30. The average molecular weight is 249 g/mol. The lowest BCUT2D eigenvalue weighted by Gasteiger charge is -2.01. The smallest absolute Gasteiger partial charge is 0.174 e. The van der Waals surface area contributed by atoms with Crippen molar-refractivity contribution in [1.82, 2.24) is 4.98 Å². The highest BCUT2D eigenvalue weighted by Gasteiger charge is 2.01. The van der Waals surface area contributed by atoms with Crippen LogP contribution in [-0.2, 0) is 0 Å². The van der Waals surface area contributed by atoms with E-state index >= 15 is 0 Å². The second kappa shape index (κ2) is 4.86. The van der Waals surface area contributed by atoms with Gasteiger partial charge < -0.3 is 5.11 Å². The first-order valence-electron chi connectivity index (χ1n) is 5.87. The van der Waals surface area contributed by atoms with E-state index in [4.69, 9.17) is 0 Å². The third kappa shape index (κ3) is 2.42. The summed E-state index contributed by atoms with van der Waals surface area (Å²) in [7, 11) is 0. The van der Waals surface area contributed by atoms with E-state index in [-0.39, 0.29) is 5.75 Å². The van der Waals surface area contributed by atoms with E-state index in [0.717, 1.165) is 10.8 Å². The third-order valence-electron chi connectivity index (χ3n) is 2.74. The van der Waals surface area contributed by atoms with Gasteiger partial charge in [0.1, 0.15) is 5.75 Å². The zero-order chi connectivity index (χ0) is 13.1. The normalized spacial score (nSPS) is 11.2. The quantitative estimate of drug-likeness (QED) is 0.686. The van der Waals surface area contributed by atoms with E-state index in [1.165, 1.54) is 0 Å². The number of fused-ring (bicyclic) bond motifs is 1. The number of benzene rings is 2. The Morgan fingerprint density at radius 3 is 2.58 bits per heavy atom. The van der Waals surface area contributed by atoms with Gasteiger partial charge in [-0.15, -0.1) is 10.2 Å². The maximum absolute atomic E-state index is 9.93. The summed E-state index contributed by atoms with van der Waals surface area (Å²) in [5, 5.41) is 19.8. The number of azo groups is 1. The van der Waals surface area contributed by atoms with E-state index in [9.17, 15) is 5.11 Å². The fraction of sp³-hybridized carbons (Fsp3) is 0. The molecule has 4 heteroatoms. The van der Waals surface area contributed by atoms with E-state index in [1.807, 2.05) is 42.5 Å². The summed E-state index contributed by atoms with van der Waals surface area (Å²) < 4.78 is 0. The van der Waals surface area contributed by atoms with Gasteiger partial charge in [0.05, 0.1) is 5.69 Å². The number of phenolic OH excluding ortho intramolecular Hbond substituents is 1. The number of hydrogen-bond donors (Lipinski definition) is 1. The molecule has 0 bridgehead atoms. The lowest BCUT2D eigenvalue weighted by molar-refractivity contribution is 0.482. The van der Waals surface area contributed by atoms with E-state index < -0.39 is 0 Å². The number of rotatable bonds is 2. The molecule has 19 heavy (non-hydrogen) atoms. The van der Waals surface area contributed by atoms with E-state index in [0.29, 0.717) is 11.5 Å². The molecule has 92 valence electrons. The zero-order valence-electron chi connectivity index (χ0n) is 10.1. The fourth-order valence-electron chi connectivity index (χ4n) is 1.85. The van der Waals surface area contributed by atoms with Gasteiger partial charge in [-0.05, 0) is 23.6 Å². The van der Waals surface area contributed by atoms with Crippen LogP contribution in [0.1, 0.15) is 0 Å². The molecule has 0 atom stereocenters. The third-order valence-corrected chi connectivity index (χ3v) is 2.74. The Bertz CT molecular complexity index is 739. The largest absolute Gasteiger partial charge is 0.507 e. The Kier molecular flexibility index (Phi) is 2.90. The molecule has 2 aromatic carbocycles. The van der Waals surface area contributed by atoms with Crippen LogP contribution < -0.4 is 0 Å². The molecule has 1 N–H and O–H groups in total. The Morgan fingerprint density at radius 1 is 0.895 bits per heavy atom. The average Bonchev–Trinajstić information content (AvgIpc) is 2.46. The molecule has 0 aliphatic rings. The van der Waals surface area contributed by atoms with Crippen molar-refractivity contribution in [3.63, 3.8) is 0 Å². The molecule has 0 amide bonds. The Morgan fingerprint density at radius 2 is 1.74 bits per heavy atom. The first kappa shape index (κ1) is 11.3. The summed E-state index contributed by atoms with van der Waals surface area (Å²) in [6.45, 7) is 0. The van der Waals surface area contributed by atoms with Crippen LogP contribution in [0.25, 0.3) is 10.8 Å². The van der Waals surface area contributed by atoms with Crippen LogP contribution >= 0.6 is 0 Å². The maximum Gasteiger partial charge on any atom is 0.174 e. The predicted molar refractivity (Wildman–Crippen MR) is 74.0 cm³/mol. The van der Waals surface area contributed by atoms with Gasteiger partial charge in [-0.3, -0.25) is 0 Å². The SMILES string of the molecule is Oc1cc(N=Nc2ccccn2)cc2ccccc12. The lowest BCUT2D eigenvalue weighted by Crippen LogP contribution is -1.74. The highest BCUT2D eigenvalue weighted by atomic mass is 16.3. The van der Waals surface area contributed by atoms with Crippen molar-refractivity contribution in [2.24, 2.45) is 10.2 Å². The van der Waals surface area contributed by atoms with Crippen LogP contribution in [0, 0.1) is 0 Å². The predicted octanol–water partition coefficient (Wildman–Crippen LogP) is 4.36. The second-order valence-electron chi connectivity index (χ2n) is 4.07. The fourth-order valence-corrected chi connectivity index (χ4v) is 1.85. The summed E-state index contributed by atoms with van der Waals surface area (Å²) in [6, 6.07) is 16.5.